The van der Waals surface area contributed by atoms with Crippen molar-refractivity contribution in [3.63, 3.8) is 0 Å². The van der Waals surface area contributed by atoms with Gasteiger partial charge in [-0.15, -0.1) is 11.3 Å². The lowest BCUT2D eigenvalue weighted by molar-refractivity contribution is 0.340. The van der Waals surface area contributed by atoms with Crippen molar-refractivity contribution in [2.75, 3.05) is 6.61 Å². The quantitative estimate of drug-likeness (QED) is 0.498. The number of hydrogen-bond acceptors (Lipinski definition) is 4. The van der Waals surface area contributed by atoms with Crippen molar-refractivity contribution >= 4 is 21.6 Å². The number of nitrogens with zero attached hydrogens (tertiary/aromatic N) is 2. The van der Waals surface area contributed by atoms with Gasteiger partial charge in [-0.05, 0) is 38.0 Å². The maximum atomic E-state index is 13.1. The molecule has 0 unspecified atom stereocenters. The van der Waals surface area contributed by atoms with E-state index in [0.29, 0.717) is 6.61 Å². The topological polar surface area (TPSA) is 44.1 Å². The number of aromatic nitrogens is 2. The Morgan fingerprint density at radius 2 is 1.88 bits per heavy atom. The molecule has 1 aromatic carbocycles. The summed E-state index contributed by atoms with van der Waals surface area (Å²) in [5.41, 5.74) is 2.12. The first-order valence-electron chi connectivity index (χ1n) is 9.37. The highest BCUT2D eigenvalue weighted by Gasteiger charge is 2.16. The Morgan fingerprint density at radius 3 is 2.58 bits per heavy atom. The van der Waals surface area contributed by atoms with Crippen LogP contribution in [-0.2, 0) is 6.54 Å². The highest BCUT2D eigenvalue weighted by Crippen LogP contribution is 2.36. The van der Waals surface area contributed by atoms with Gasteiger partial charge in [-0.1, -0.05) is 38.3 Å². The summed E-state index contributed by atoms with van der Waals surface area (Å²) in [6.07, 6.45) is 6.27. The number of aryl methyl sites for hydroxylation is 2. The molecule has 0 saturated heterocycles. The van der Waals surface area contributed by atoms with E-state index >= 15 is 0 Å². The third-order valence-electron chi connectivity index (χ3n) is 4.56. The predicted molar refractivity (Wildman–Crippen MR) is 109 cm³/mol. The van der Waals surface area contributed by atoms with Gasteiger partial charge in [-0.3, -0.25) is 9.36 Å². The Labute approximate surface area is 158 Å². The number of ether oxygens (including phenoxy) is 1. The first-order valence-corrected chi connectivity index (χ1v) is 10.2. The lowest BCUT2D eigenvalue weighted by Gasteiger charge is -2.07. The molecule has 0 N–H and O–H groups in total. The third kappa shape index (κ3) is 3.83. The summed E-state index contributed by atoms with van der Waals surface area (Å²) in [7, 11) is 0. The molecule has 0 spiro atoms. The van der Waals surface area contributed by atoms with Gasteiger partial charge >= 0.3 is 0 Å². The number of unbranched alkanes of at least 4 members (excludes halogenated alkanes) is 3. The fourth-order valence-corrected chi connectivity index (χ4v) is 4.24. The molecule has 3 rings (SSSR count). The monoisotopic (exact) mass is 370 g/mol. The van der Waals surface area contributed by atoms with Crippen LogP contribution in [0.4, 0.5) is 0 Å². The highest BCUT2D eigenvalue weighted by molar-refractivity contribution is 7.19. The van der Waals surface area contributed by atoms with Gasteiger partial charge in [-0.2, -0.15) is 0 Å². The first kappa shape index (κ1) is 18.6. The molecule has 0 fully saturated rings. The Morgan fingerprint density at radius 1 is 1.12 bits per heavy atom. The Bertz CT molecular complexity index is 926. The summed E-state index contributed by atoms with van der Waals surface area (Å²) in [4.78, 5) is 19.6. The van der Waals surface area contributed by atoms with E-state index in [0.717, 1.165) is 51.4 Å². The van der Waals surface area contributed by atoms with Gasteiger partial charge < -0.3 is 4.74 Å². The molecule has 2 aromatic heterocycles. The normalized spacial score (nSPS) is 11.2. The number of rotatable bonds is 8. The highest BCUT2D eigenvalue weighted by atomic mass is 32.1. The molecule has 138 valence electrons. The van der Waals surface area contributed by atoms with E-state index in [1.54, 1.807) is 22.2 Å². The fraction of sp³-hybridized carbons (Fsp3) is 0.429. The van der Waals surface area contributed by atoms with Gasteiger partial charge in [0, 0.05) is 17.0 Å². The van der Waals surface area contributed by atoms with Crippen molar-refractivity contribution in [3.8, 4) is 16.9 Å². The molecule has 3 aromatic rings. The van der Waals surface area contributed by atoms with Gasteiger partial charge in [0.1, 0.15) is 10.6 Å². The summed E-state index contributed by atoms with van der Waals surface area (Å²) in [5, 5.41) is 0.745. The van der Waals surface area contributed by atoms with Crippen LogP contribution in [0.3, 0.4) is 0 Å². The van der Waals surface area contributed by atoms with Gasteiger partial charge in [0.25, 0.3) is 5.56 Å². The van der Waals surface area contributed by atoms with Gasteiger partial charge in [0.2, 0.25) is 0 Å². The van der Waals surface area contributed by atoms with E-state index in [1.807, 2.05) is 31.2 Å². The largest absolute Gasteiger partial charge is 0.494 e. The molecule has 2 heterocycles. The van der Waals surface area contributed by atoms with E-state index in [2.05, 4.69) is 18.8 Å². The van der Waals surface area contributed by atoms with Crippen LogP contribution in [0.1, 0.15) is 44.4 Å². The van der Waals surface area contributed by atoms with E-state index in [9.17, 15) is 4.79 Å². The maximum Gasteiger partial charge on any atom is 0.262 e. The van der Waals surface area contributed by atoms with Gasteiger partial charge in [0.05, 0.1) is 18.3 Å². The van der Waals surface area contributed by atoms with E-state index in [1.165, 1.54) is 12.8 Å². The zero-order chi connectivity index (χ0) is 18.5. The molecule has 0 aliphatic rings. The van der Waals surface area contributed by atoms with Crippen LogP contribution in [0.15, 0.2) is 35.4 Å². The zero-order valence-electron chi connectivity index (χ0n) is 15.7. The minimum Gasteiger partial charge on any atom is -0.494 e. The van der Waals surface area contributed by atoms with Crippen molar-refractivity contribution in [2.45, 2.75) is 53.0 Å². The molecule has 26 heavy (non-hydrogen) atoms. The SMILES string of the molecule is CCCCCCn1cnc2sc(C)c(-c3ccc(OCC)cc3)c2c1=O. The fourth-order valence-electron chi connectivity index (χ4n) is 3.24. The molecular formula is C21H26N2O2S. The van der Waals surface area contributed by atoms with Crippen LogP contribution in [0, 0.1) is 6.92 Å². The second kappa shape index (κ2) is 8.49. The van der Waals surface area contributed by atoms with Crippen LogP contribution < -0.4 is 10.3 Å². The minimum atomic E-state index is 0.0692. The second-order valence-electron chi connectivity index (χ2n) is 6.47. The van der Waals surface area contributed by atoms with Crippen molar-refractivity contribution in [1.29, 1.82) is 0 Å². The van der Waals surface area contributed by atoms with Crippen molar-refractivity contribution in [3.05, 3.63) is 45.8 Å². The van der Waals surface area contributed by atoms with Crippen LogP contribution in [-0.4, -0.2) is 16.2 Å². The summed E-state index contributed by atoms with van der Waals surface area (Å²) >= 11 is 1.59. The van der Waals surface area contributed by atoms with Crippen molar-refractivity contribution in [1.82, 2.24) is 9.55 Å². The lowest BCUT2D eigenvalue weighted by Crippen LogP contribution is -2.20. The number of fused-ring (bicyclic) bond motifs is 1. The number of benzene rings is 1. The number of thiophene rings is 1. The van der Waals surface area contributed by atoms with Crippen molar-refractivity contribution in [2.24, 2.45) is 0 Å². The molecule has 0 aliphatic heterocycles. The molecule has 0 atom stereocenters. The average Bonchev–Trinajstić information content (AvgIpc) is 2.98. The Kier molecular flexibility index (Phi) is 6.09. The van der Waals surface area contributed by atoms with Gasteiger partial charge in [0.15, 0.2) is 0 Å². The predicted octanol–water partition coefficient (Wildman–Crippen LogP) is 5.41. The van der Waals surface area contributed by atoms with Crippen LogP contribution in [0.5, 0.6) is 5.75 Å². The lowest BCUT2D eigenvalue weighted by atomic mass is 10.0. The van der Waals surface area contributed by atoms with Crippen LogP contribution in [0.2, 0.25) is 0 Å². The van der Waals surface area contributed by atoms with Gasteiger partial charge in [-0.25, -0.2) is 4.98 Å². The zero-order valence-corrected chi connectivity index (χ0v) is 16.6. The summed E-state index contributed by atoms with van der Waals surface area (Å²) in [5.74, 6) is 0.847. The average molecular weight is 371 g/mol. The summed E-state index contributed by atoms with van der Waals surface area (Å²) in [6.45, 7) is 7.60. The standard InChI is InChI=1S/C21H26N2O2S/c1-4-6-7-8-13-23-14-22-20-19(21(23)24)18(15(3)26-20)16-9-11-17(12-10-16)25-5-2/h9-12,14H,4-8,13H2,1-3H3. The second-order valence-corrected chi connectivity index (χ2v) is 7.68. The Hall–Kier alpha value is -2.14. The molecule has 4 nitrogen and oxygen atoms in total. The molecule has 0 bridgehead atoms. The van der Waals surface area contributed by atoms with E-state index < -0.39 is 0 Å². The van der Waals surface area contributed by atoms with E-state index in [4.69, 9.17) is 4.74 Å². The molecule has 5 heteroatoms. The third-order valence-corrected chi connectivity index (χ3v) is 5.57. The first-order chi connectivity index (χ1) is 12.7. The molecular weight excluding hydrogens is 344 g/mol. The Balaban J connectivity index is 1.99. The van der Waals surface area contributed by atoms with E-state index in [-0.39, 0.29) is 5.56 Å². The van der Waals surface area contributed by atoms with Crippen molar-refractivity contribution < 1.29 is 4.74 Å². The molecule has 0 aliphatic carbocycles. The smallest absolute Gasteiger partial charge is 0.262 e. The molecule has 0 saturated carbocycles. The maximum absolute atomic E-state index is 13.1. The summed E-state index contributed by atoms with van der Waals surface area (Å²) in [6, 6.07) is 7.97. The minimum absolute atomic E-state index is 0.0692. The molecule has 0 amide bonds. The number of hydrogen-bond donors (Lipinski definition) is 0. The molecule has 0 radical (unpaired) electrons. The van der Waals surface area contributed by atoms with Crippen LogP contribution >= 0.6 is 11.3 Å². The van der Waals surface area contributed by atoms with Crippen LogP contribution in [0.25, 0.3) is 21.3 Å². The summed E-state index contributed by atoms with van der Waals surface area (Å²) < 4.78 is 7.29.